The number of nitrogens with zero attached hydrogens (tertiary/aromatic N) is 2. The van der Waals surface area contributed by atoms with Crippen molar-refractivity contribution in [1.82, 2.24) is 9.80 Å². The first-order chi connectivity index (χ1) is 9.88. The summed E-state index contributed by atoms with van der Waals surface area (Å²) < 4.78 is 0. The summed E-state index contributed by atoms with van der Waals surface area (Å²) in [5, 5.41) is 9.55. The van der Waals surface area contributed by atoms with Crippen LogP contribution >= 0.6 is 0 Å². The summed E-state index contributed by atoms with van der Waals surface area (Å²) in [4.78, 5) is 27.9. The zero-order chi connectivity index (χ0) is 15.6. The predicted molar refractivity (Wildman–Crippen MR) is 81.2 cm³/mol. The molecule has 0 radical (unpaired) electrons. The molecule has 0 aromatic rings. The number of hydrogen-bond acceptors (Lipinski definition) is 2. The minimum Gasteiger partial charge on any atom is -0.480 e. The van der Waals surface area contributed by atoms with Crippen LogP contribution in [-0.4, -0.2) is 52.1 Å². The lowest BCUT2D eigenvalue weighted by atomic mass is 9.84. The van der Waals surface area contributed by atoms with Crippen LogP contribution in [-0.2, 0) is 4.79 Å². The van der Waals surface area contributed by atoms with Crippen LogP contribution in [0.5, 0.6) is 0 Å². The van der Waals surface area contributed by atoms with Crippen LogP contribution in [0.15, 0.2) is 0 Å². The molecule has 2 rings (SSSR count). The summed E-state index contributed by atoms with van der Waals surface area (Å²) >= 11 is 0. The summed E-state index contributed by atoms with van der Waals surface area (Å²) in [6.07, 6.45) is 6.87. The Bertz CT molecular complexity index is 412. The van der Waals surface area contributed by atoms with Crippen LogP contribution in [0.4, 0.5) is 4.79 Å². The first kappa shape index (κ1) is 16.1. The quantitative estimate of drug-likeness (QED) is 0.852. The fourth-order valence-electron chi connectivity index (χ4n) is 3.85. The van der Waals surface area contributed by atoms with Gasteiger partial charge >= 0.3 is 12.0 Å². The van der Waals surface area contributed by atoms with Gasteiger partial charge in [-0.15, -0.1) is 0 Å². The molecule has 2 fully saturated rings. The molecule has 5 heteroatoms. The molecular weight excluding hydrogens is 268 g/mol. The molecule has 2 amide bonds. The van der Waals surface area contributed by atoms with Crippen LogP contribution in [0.3, 0.4) is 0 Å². The lowest BCUT2D eigenvalue weighted by Gasteiger charge is -2.46. The molecule has 3 atom stereocenters. The Morgan fingerprint density at radius 3 is 2.48 bits per heavy atom. The van der Waals surface area contributed by atoms with Gasteiger partial charge in [-0.25, -0.2) is 9.59 Å². The summed E-state index contributed by atoms with van der Waals surface area (Å²) in [6.45, 7) is 4.43. The number of carbonyl (C=O) groups is 2. The van der Waals surface area contributed by atoms with Crippen molar-refractivity contribution in [3.63, 3.8) is 0 Å². The molecule has 0 aromatic heterocycles. The van der Waals surface area contributed by atoms with Gasteiger partial charge in [0.05, 0.1) is 0 Å². The number of likely N-dealkylation sites (tertiary alicyclic amines) is 1. The minimum absolute atomic E-state index is 0.113. The van der Waals surface area contributed by atoms with E-state index in [-0.39, 0.29) is 12.1 Å². The number of amides is 2. The van der Waals surface area contributed by atoms with Crippen molar-refractivity contribution in [3.8, 4) is 0 Å². The largest absolute Gasteiger partial charge is 0.480 e. The lowest BCUT2D eigenvalue weighted by molar-refractivity contribution is -0.151. The predicted octanol–water partition coefficient (Wildman–Crippen LogP) is 2.95. The van der Waals surface area contributed by atoms with Gasteiger partial charge in [-0.3, -0.25) is 0 Å². The highest BCUT2D eigenvalue weighted by atomic mass is 16.4. The highest BCUT2D eigenvalue weighted by molar-refractivity contribution is 5.86. The minimum atomic E-state index is -1.05. The van der Waals surface area contributed by atoms with Crippen molar-refractivity contribution in [2.45, 2.75) is 70.4 Å². The van der Waals surface area contributed by atoms with E-state index in [0.717, 1.165) is 32.1 Å². The number of carbonyl (C=O) groups excluding carboxylic acids is 1. The van der Waals surface area contributed by atoms with Crippen LogP contribution in [0.1, 0.15) is 58.8 Å². The number of carboxylic acids is 1. The summed E-state index contributed by atoms with van der Waals surface area (Å²) in [6, 6.07) is 0.129. The molecular formula is C16H28N2O3. The average Bonchev–Trinajstić information content (AvgIpc) is 2.46. The SMILES string of the molecule is CC1CCCCC1N(C)C(=O)N1CCCCC1(C)C(=O)O. The van der Waals surface area contributed by atoms with E-state index in [1.807, 2.05) is 7.05 Å². The van der Waals surface area contributed by atoms with E-state index in [1.165, 1.54) is 6.42 Å². The van der Waals surface area contributed by atoms with Gasteiger partial charge in [0.2, 0.25) is 0 Å². The summed E-state index contributed by atoms with van der Waals surface area (Å²) in [5.74, 6) is -0.394. The lowest BCUT2D eigenvalue weighted by Crippen LogP contribution is -2.61. The van der Waals surface area contributed by atoms with Gasteiger partial charge in [-0.05, 0) is 44.9 Å². The Balaban J connectivity index is 2.14. The van der Waals surface area contributed by atoms with Crippen molar-refractivity contribution in [1.29, 1.82) is 0 Å². The Morgan fingerprint density at radius 1 is 1.19 bits per heavy atom. The number of piperidine rings is 1. The van der Waals surface area contributed by atoms with E-state index in [4.69, 9.17) is 0 Å². The number of urea groups is 1. The topological polar surface area (TPSA) is 60.9 Å². The van der Waals surface area contributed by atoms with E-state index in [0.29, 0.717) is 18.9 Å². The van der Waals surface area contributed by atoms with Crippen molar-refractivity contribution in [2.75, 3.05) is 13.6 Å². The van der Waals surface area contributed by atoms with E-state index in [1.54, 1.807) is 16.7 Å². The van der Waals surface area contributed by atoms with E-state index in [2.05, 4.69) is 6.92 Å². The molecule has 21 heavy (non-hydrogen) atoms. The monoisotopic (exact) mass is 296 g/mol. The first-order valence-electron chi connectivity index (χ1n) is 8.16. The van der Waals surface area contributed by atoms with Crippen molar-refractivity contribution in [3.05, 3.63) is 0 Å². The molecule has 1 saturated heterocycles. The van der Waals surface area contributed by atoms with Crippen LogP contribution < -0.4 is 0 Å². The zero-order valence-corrected chi connectivity index (χ0v) is 13.5. The smallest absolute Gasteiger partial charge is 0.329 e. The zero-order valence-electron chi connectivity index (χ0n) is 13.5. The highest BCUT2D eigenvalue weighted by Crippen LogP contribution is 2.32. The molecule has 1 aliphatic heterocycles. The number of rotatable bonds is 2. The summed E-state index contributed by atoms with van der Waals surface area (Å²) in [5.41, 5.74) is -1.05. The van der Waals surface area contributed by atoms with E-state index >= 15 is 0 Å². The van der Waals surface area contributed by atoms with Gasteiger partial charge in [-0.1, -0.05) is 19.8 Å². The molecule has 0 spiro atoms. The molecule has 1 saturated carbocycles. The fourth-order valence-corrected chi connectivity index (χ4v) is 3.85. The van der Waals surface area contributed by atoms with Crippen LogP contribution in [0.2, 0.25) is 0 Å². The second kappa shape index (κ2) is 6.24. The number of aliphatic carboxylic acids is 1. The molecule has 5 nitrogen and oxygen atoms in total. The van der Waals surface area contributed by atoms with Crippen molar-refractivity contribution < 1.29 is 14.7 Å². The standard InChI is InChI=1S/C16H28N2O3/c1-12-8-4-5-9-13(12)17(3)15(21)18-11-7-6-10-16(18,2)14(19)20/h12-13H,4-11H2,1-3H3,(H,19,20). The maximum Gasteiger partial charge on any atom is 0.329 e. The average molecular weight is 296 g/mol. The third-order valence-electron chi connectivity index (χ3n) is 5.45. The highest BCUT2D eigenvalue weighted by Gasteiger charge is 2.45. The molecule has 0 bridgehead atoms. The molecule has 3 unspecified atom stereocenters. The van der Waals surface area contributed by atoms with Gasteiger partial charge in [0.25, 0.3) is 0 Å². The molecule has 1 N–H and O–H groups in total. The molecule has 1 aliphatic carbocycles. The van der Waals surface area contributed by atoms with Crippen molar-refractivity contribution >= 4 is 12.0 Å². The second-order valence-electron chi connectivity index (χ2n) is 6.91. The Kier molecular flexibility index (Phi) is 4.79. The van der Waals surface area contributed by atoms with Gasteiger partial charge in [0.15, 0.2) is 0 Å². The third kappa shape index (κ3) is 3.01. The van der Waals surface area contributed by atoms with Gasteiger partial charge in [-0.2, -0.15) is 0 Å². The molecule has 0 aromatic carbocycles. The van der Waals surface area contributed by atoms with Crippen LogP contribution in [0.25, 0.3) is 0 Å². The normalized spacial score (nSPS) is 33.6. The maximum absolute atomic E-state index is 12.9. The first-order valence-corrected chi connectivity index (χ1v) is 8.16. The molecule has 2 aliphatic rings. The Labute approximate surface area is 127 Å². The summed E-state index contributed by atoms with van der Waals surface area (Å²) in [7, 11) is 1.84. The fraction of sp³-hybridized carbons (Fsp3) is 0.875. The Hall–Kier alpha value is -1.26. The van der Waals surface area contributed by atoms with E-state index < -0.39 is 11.5 Å². The molecule has 120 valence electrons. The Morgan fingerprint density at radius 2 is 1.86 bits per heavy atom. The maximum atomic E-state index is 12.9. The van der Waals surface area contributed by atoms with Crippen LogP contribution in [0, 0.1) is 5.92 Å². The second-order valence-corrected chi connectivity index (χ2v) is 6.91. The van der Waals surface area contributed by atoms with Gasteiger partial charge in [0.1, 0.15) is 5.54 Å². The number of carboxylic acid groups (broad SMARTS) is 1. The van der Waals surface area contributed by atoms with Crippen molar-refractivity contribution in [2.24, 2.45) is 5.92 Å². The van der Waals surface area contributed by atoms with Gasteiger partial charge < -0.3 is 14.9 Å². The van der Waals surface area contributed by atoms with E-state index in [9.17, 15) is 14.7 Å². The molecule has 1 heterocycles. The van der Waals surface area contributed by atoms with Gasteiger partial charge in [0, 0.05) is 19.6 Å². The number of hydrogen-bond donors (Lipinski definition) is 1. The third-order valence-corrected chi connectivity index (χ3v) is 5.45.